The second-order valence-electron chi connectivity index (χ2n) is 6.84. The molecule has 0 radical (unpaired) electrons. The summed E-state index contributed by atoms with van der Waals surface area (Å²) in [6.07, 6.45) is 4.70. The summed E-state index contributed by atoms with van der Waals surface area (Å²) in [5.41, 5.74) is 4.16. The zero-order valence-electron chi connectivity index (χ0n) is 14.7. The monoisotopic (exact) mass is 334 g/mol. The summed E-state index contributed by atoms with van der Waals surface area (Å²) in [6.45, 7) is 6.03. The minimum atomic E-state index is 0.885. The van der Waals surface area contributed by atoms with E-state index in [1.165, 1.54) is 35.0 Å². The second-order valence-corrected chi connectivity index (χ2v) is 6.84. The van der Waals surface area contributed by atoms with E-state index in [9.17, 15) is 0 Å². The van der Waals surface area contributed by atoms with Crippen LogP contribution in [0.5, 0.6) is 0 Å². The first kappa shape index (κ1) is 16.4. The molecule has 2 aromatic carbocycles. The van der Waals surface area contributed by atoms with Crippen molar-refractivity contribution in [3.8, 4) is 0 Å². The van der Waals surface area contributed by atoms with E-state index in [4.69, 9.17) is 4.74 Å². The van der Waals surface area contributed by atoms with Gasteiger partial charge >= 0.3 is 0 Å². The summed E-state index contributed by atoms with van der Waals surface area (Å²) in [4.78, 5) is 2.52. The van der Waals surface area contributed by atoms with Crippen LogP contribution in [0, 0.1) is 0 Å². The van der Waals surface area contributed by atoms with Crippen molar-refractivity contribution in [2.45, 2.75) is 19.4 Å². The molecule has 130 valence electrons. The Morgan fingerprint density at radius 3 is 2.48 bits per heavy atom. The summed E-state index contributed by atoms with van der Waals surface area (Å²) >= 11 is 0. The second kappa shape index (κ2) is 7.85. The van der Waals surface area contributed by atoms with Gasteiger partial charge < -0.3 is 9.30 Å². The average Bonchev–Trinajstić information content (AvgIpc) is 3.01. The van der Waals surface area contributed by atoms with Gasteiger partial charge in [-0.15, -0.1) is 0 Å². The molecule has 1 saturated heterocycles. The topological polar surface area (TPSA) is 17.4 Å². The molecular formula is C22H26N2O. The molecule has 3 heteroatoms. The lowest BCUT2D eigenvalue weighted by Gasteiger charge is -2.26. The van der Waals surface area contributed by atoms with Crippen LogP contribution in [0.3, 0.4) is 0 Å². The summed E-state index contributed by atoms with van der Waals surface area (Å²) < 4.78 is 7.83. The number of fused-ring (bicyclic) bond motifs is 1. The number of aryl methyl sites for hydroxylation is 1. The summed E-state index contributed by atoms with van der Waals surface area (Å²) in [5, 5.41) is 1.40. The van der Waals surface area contributed by atoms with E-state index in [-0.39, 0.29) is 0 Å². The molecule has 0 amide bonds. The van der Waals surface area contributed by atoms with Gasteiger partial charge in [-0.05, 0) is 36.6 Å². The van der Waals surface area contributed by atoms with Gasteiger partial charge in [0, 0.05) is 36.7 Å². The third-order valence-electron chi connectivity index (χ3n) is 5.09. The molecule has 0 spiro atoms. The Bertz CT molecular complexity index is 803. The van der Waals surface area contributed by atoms with E-state index >= 15 is 0 Å². The molecule has 1 fully saturated rings. The molecule has 2 heterocycles. The fraction of sp³-hybridized carbons (Fsp3) is 0.364. The number of nitrogens with zero attached hydrogens (tertiary/aromatic N) is 2. The Balaban J connectivity index is 1.48. The van der Waals surface area contributed by atoms with Crippen molar-refractivity contribution in [1.29, 1.82) is 0 Å². The highest BCUT2D eigenvalue weighted by atomic mass is 16.5. The third kappa shape index (κ3) is 3.94. The number of ether oxygens (including phenoxy) is 1. The molecular weight excluding hydrogens is 308 g/mol. The van der Waals surface area contributed by atoms with E-state index < -0.39 is 0 Å². The van der Waals surface area contributed by atoms with Crippen molar-refractivity contribution >= 4 is 10.9 Å². The predicted molar refractivity (Wildman–Crippen MR) is 103 cm³/mol. The molecule has 1 aromatic heterocycles. The highest BCUT2D eigenvalue weighted by Gasteiger charge is 2.12. The van der Waals surface area contributed by atoms with Gasteiger partial charge in [-0.3, -0.25) is 4.90 Å². The Hall–Kier alpha value is -2.10. The average molecular weight is 334 g/mol. The number of morpholine rings is 1. The number of aromatic nitrogens is 1. The van der Waals surface area contributed by atoms with Crippen LogP contribution in [-0.4, -0.2) is 42.3 Å². The largest absolute Gasteiger partial charge is 0.379 e. The highest BCUT2D eigenvalue weighted by Crippen LogP contribution is 2.23. The minimum absolute atomic E-state index is 0.885. The molecule has 0 aliphatic carbocycles. The van der Waals surface area contributed by atoms with Crippen LogP contribution < -0.4 is 0 Å². The maximum absolute atomic E-state index is 5.44. The maximum atomic E-state index is 5.44. The van der Waals surface area contributed by atoms with E-state index in [0.717, 1.165) is 39.3 Å². The molecule has 3 aromatic rings. The Kier molecular flexibility index (Phi) is 5.14. The zero-order valence-corrected chi connectivity index (χ0v) is 14.7. The van der Waals surface area contributed by atoms with Crippen LogP contribution in [0.1, 0.15) is 17.5 Å². The lowest BCUT2D eigenvalue weighted by Crippen LogP contribution is -2.36. The Labute approximate surface area is 149 Å². The summed E-state index contributed by atoms with van der Waals surface area (Å²) in [5.74, 6) is 0. The van der Waals surface area contributed by atoms with Crippen LogP contribution in [0.15, 0.2) is 60.8 Å². The fourth-order valence-corrected chi connectivity index (χ4v) is 3.75. The first-order valence-electron chi connectivity index (χ1n) is 9.31. The van der Waals surface area contributed by atoms with Crippen molar-refractivity contribution in [1.82, 2.24) is 9.47 Å². The van der Waals surface area contributed by atoms with E-state index in [1.54, 1.807) is 0 Å². The molecule has 0 atom stereocenters. The van der Waals surface area contributed by atoms with Gasteiger partial charge in [-0.1, -0.05) is 48.5 Å². The minimum Gasteiger partial charge on any atom is -0.379 e. The van der Waals surface area contributed by atoms with Crippen LogP contribution in [0.2, 0.25) is 0 Å². The van der Waals surface area contributed by atoms with Crippen LogP contribution >= 0.6 is 0 Å². The zero-order chi connectivity index (χ0) is 16.9. The van der Waals surface area contributed by atoms with Gasteiger partial charge in [-0.2, -0.15) is 0 Å². The van der Waals surface area contributed by atoms with Crippen molar-refractivity contribution in [3.05, 3.63) is 71.9 Å². The standard InChI is InChI=1S/C22H26N2O/c1-2-7-19(8-3-1)17-24-18-20(21-10-4-5-11-22(21)24)9-6-12-23-13-15-25-16-14-23/h1-5,7-8,10-11,18H,6,9,12-17H2. The first-order chi connectivity index (χ1) is 12.4. The van der Waals surface area contributed by atoms with Gasteiger partial charge in [0.2, 0.25) is 0 Å². The van der Waals surface area contributed by atoms with Crippen LogP contribution in [0.4, 0.5) is 0 Å². The number of hydrogen-bond donors (Lipinski definition) is 0. The van der Waals surface area contributed by atoms with Crippen LogP contribution in [0.25, 0.3) is 10.9 Å². The van der Waals surface area contributed by atoms with Gasteiger partial charge in [0.15, 0.2) is 0 Å². The van der Waals surface area contributed by atoms with Gasteiger partial charge in [-0.25, -0.2) is 0 Å². The molecule has 0 N–H and O–H groups in total. The fourth-order valence-electron chi connectivity index (χ4n) is 3.75. The van der Waals surface area contributed by atoms with Crippen molar-refractivity contribution in [2.24, 2.45) is 0 Å². The number of para-hydroxylation sites is 1. The molecule has 1 aliphatic rings. The van der Waals surface area contributed by atoms with E-state index in [0.29, 0.717) is 0 Å². The SMILES string of the molecule is c1ccc(Cn2cc(CCCN3CCOCC3)c3ccccc32)cc1. The van der Waals surface area contributed by atoms with Gasteiger partial charge in [0.25, 0.3) is 0 Å². The quantitative estimate of drug-likeness (QED) is 0.679. The summed E-state index contributed by atoms with van der Waals surface area (Å²) in [6, 6.07) is 19.5. The van der Waals surface area contributed by atoms with E-state index in [1.807, 2.05) is 0 Å². The number of hydrogen-bond acceptors (Lipinski definition) is 2. The maximum Gasteiger partial charge on any atom is 0.0594 e. The molecule has 0 unspecified atom stereocenters. The highest BCUT2D eigenvalue weighted by molar-refractivity contribution is 5.84. The predicted octanol–water partition coefficient (Wildman–Crippen LogP) is 3.95. The molecule has 4 rings (SSSR count). The van der Waals surface area contributed by atoms with Crippen molar-refractivity contribution in [2.75, 3.05) is 32.8 Å². The third-order valence-corrected chi connectivity index (χ3v) is 5.09. The number of benzene rings is 2. The van der Waals surface area contributed by atoms with Gasteiger partial charge in [0.1, 0.15) is 0 Å². The lowest BCUT2D eigenvalue weighted by molar-refractivity contribution is 0.0375. The lowest BCUT2D eigenvalue weighted by atomic mass is 10.1. The van der Waals surface area contributed by atoms with Crippen molar-refractivity contribution < 1.29 is 4.74 Å². The van der Waals surface area contributed by atoms with Crippen molar-refractivity contribution in [3.63, 3.8) is 0 Å². The number of rotatable bonds is 6. The summed E-state index contributed by atoms with van der Waals surface area (Å²) in [7, 11) is 0. The first-order valence-corrected chi connectivity index (χ1v) is 9.31. The molecule has 25 heavy (non-hydrogen) atoms. The molecule has 1 aliphatic heterocycles. The molecule has 3 nitrogen and oxygen atoms in total. The van der Waals surface area contributed by atoms with Crippen LogP contribution in [-0.2, 0) is 17.7 Å². The normalized spacial score (nSPS) is 15.7. The van der Waals surface area contributed by atoms with Gasteiger partial charge in [0.05, 0.1) is 13.2 Å². The Morgan fingerprint density at radius 2 is 1.64 bits per heavy atom. The molecule has 0 saturated carbocycles. The Morgan fingerprint density at radius 1 is 0.880 bits per heavy atom. The van der Waals surface area contributed by atoms with E-state index in [2.05, 4.69) is 70.3 Å². The smallest absolute Gasteiger partial charge is 0.0594 e. The molecule has 0 bridgehead atoms.